The molecule has 0 aliphatic heterocycles. The molecular weight excluding hydrogens is 290 g/mol. The van der Waals surface area contributed by atoms with E-state index in [-0.39, 0.29) is 0 Å². The fraction of sp³-hybridized carbons (Fsp3) is 0.286. The Morgan fingerprint density at radius 3 is 2.83 bits per heavy atom. The number of aryl methyl sites for hydroxylation is 2. The summed E-state index contributed by atoms with van der Waals surface area (Å²) in [5.74, 6) is 1.39. The average molecular weight is 304 g/mol. The first-order chi connectivity index (χ1) is 8.65. The summed E-state index contributed by atoms with van der Waals surface area (Å²) in [5.41, 5.74) is 10.5. The maximum atomic E-state index is 6.02. The fourth-order valence-electron chi connectivity index (χ4n) is 2.37. The SMILES string of the molecule is Cc1cc(-c2nc(N)c3c(n2)CCC3)ccc1Br. The van der Waals surface area contributed by atoms with E-state index in [1.165, 1.54) is 5.56 Å². The Bertz CT molecular complexity index is 623. The molecule has 0 saturated carbocycles. The van der Waals surface area contributed by atoms with E-state index < -0.39 is 0 Å². The summed E-state index contributed by atoms with van der Waals surface area (Å²) in [6.45, 7) is 2.06. The van der Waals surface area contributed by atoms with Crippen molar-refractivity contribution < 1.29 is 0 Å². The highest BCUT2D eigenvalue weighted by Gasteiger charge is 2.18. The van der Waals surface area contributed by atoms with Crippen LogP contribution in [0.5, 0.6) is 0 Å². The van der Waals surface area contributed by atoms with Crippen molar-refractivity contribution in [3.63, 3.8) is 0 Å². The summed E-state index contributed by atoms with van der Waals surface area (Å²) in [5, 5.41) is 0. The van der Waals surface area contributed by atoms with Gasteiger partial charge in [-0.25, -0.2) is 9.97 Å². The second-order valence-corrected chi connectivity index (χ2v) is 5.53. The normalized spacial score (nSPS) is 13.7. The van der Waals surface area contributed by atoms with Crippen molar-refractivity contribution in [2.75, 3.05) is 5.73 Å². The van der Waals surface area contributed by atoms with Crippen LogP contribution in [0.15, 0.2) is 22.7 Å². The van der Waals surface area contributed by atoms with Crippen molar-refractivity contribution in [3.05, 3.63) is 39.5 Å². The lowest BCUT2D eigenvalue weighted by atomic mass is 10.1. The van der Waals surface area contributed by atoms with Crippen molar-refractivity contribution in [1.29, 1.82) is 0 Å². The molecular formula is C14H14BrN3. The van der Waals surface area contributed by atoms with Crippen molar-refractivity contribution in [1.82, 2.24) is 9.97 Å². The van der Waals surface area contributed by atoms with Gasteiger partial charge in [-0.3, -0.25) is 0 Å². The number of nitrogen functional groups attached to an aromatic ring is 1. The van der Waals surface area contributed by atoms with Gasteiger partial charge in [0.05, 0.1) is 0 Å². The Labute approximate surface area is 115 Å². The number of nitrogens with zero attached hydrogens (tertiary/aromatic N) is 2. The molecule has 0 unspecified atom stereocenters. The number of halogens is 1. The second-order valence-electron chi connectivity index (χ2n) is 4.68. The molecule has 1 heterocycles. The highest BCUT2D eigenvalue weighted by Crippen LogP contribution is 2.28. The maximum absolute atomic E-state index is 6.02. The van der Waals surface area contributed by atoms with E-state index in [1.807, 2.05) is 12.1 Å². The van der Waals surface area contributed by atoms with Crippen molar-refractivity contribution in [3.8, 4) is 11.4 Å². The first-order valence-electron chi connectivity index (χ1n) is 6.07. The van der Waals surface area contributed by atoms with Gasteiger partial charge in [0.2, 0.25) is 0 Å². The zero-order valence-electron chi connectivity index (χ0n) is 10.2. The minimum absolute atomic E-state index is 0.646. The minimum atomic E-state index is 0.646. The molecule has 0 bridgehead atoms. The third-order valence-corrected chi connectivity index (χ3v) is 4.27. The van der Waals surface area contributed by atoms with Gasteiger partial charge in [0, 0.05) is 21.3 Å². The van der Waals surface area contributed by atoms with Crippen LogP contribution in [0.3, 0.4) is 0 Å². The lowest BCUT2D eigenvalue weighted by Gasteiger charge is -2.08. The summed E-state index contributed by atoms with van der Waals surface area (Å²) in [6, 6.07) is 6.13. The highest BCUT2D eigenvalue weighted by atomic mass is 79.9. The number of anilines is 1. The van der Waals surface area contributed by atoms with Crippen LogP contribution < -0.4 is 5.73 Å². The quantitative estimate of drug-likeness (QED) is 0.879. The molecule has 92 valence electrons. The molecule has 0 amide bonds. The van der Waals surface area contributed by atoms with Crippen LogP contribution in [0.25, 0.3) is 11.4 Å². The smallest absolute Gasteiger partial charge is 0.161 e. The Morgan fingerprint density at radius 1 is 1.22 bits per heavy atom. The van der Waals surface area contributed by atoms with E-state index in [0.29, 0.717) is 5.82 Å². The molecule has 2 N–H and O–H groups in total. The highest BCUT2D eigenvalue weighted by molar-refractivity contribution is 9.10. The molecule has 1 aromatic carbocycles. The van der Waals surface area contributed by atoms with Gasteiger partial charge >= 0.3 is 0 Å². The third-order valence-electron chi connectivity index (χ3n) is 3.38. The summed E-state index contributed by atoms with van der Waals surface area (Å²) in [7, 11) is 0. The topological polar surface area (TPSA) is 51.8 Å². The standard InChI is InChI=1S/C14H14BrN3/c1-8-7-9(5-6-11(8)15)14-17-12-4-2-3-10(12)13(16)18-14/h5-7H,2-4H2,1H3,(H2,16,17,18). The lowest BCUT2D eigenvalue weighted by Crippen LogP contribution is -2.02. The van der Waals surface area contributed by atoms with E-state index in [1.54, 1.807) is 0 Å². The molecule has 2 aromatic rings. The van der Waals surface area contributed by atoms with Gasteiger partial charge in [0.25, 0.3) is 0 Å². The van der Waals surface area contributed by atoms with E-state index in [0.717, 1.165) is 46.4 Å². The summed E-state index contributed by atoms with van der Waals surface area (Å²) >= 11 is 3.50. The van der Waals surface area contributed by atoms with E-state index in [9.17, 15) is 0 Å². The van der Waals surface area contributed by atoms with Gasteiger partial charge in [-0.1, -0.05) is 22.0 Å². The predicted molar refractivity (Wildman–Crippen MR) is 76.3 cm³/mol. The summed E-state index contributed by atoms with van der Waals surface area (Å²) in [6.07, 6.45) is 3.17. The molecule has 0 radical (unpaired) electrons. The van der Waals surface area contributed by atoms with Gasteiger partial charge in [0.1, 0.15) is 5.82 Å². The van der Waals surface area contributed by atoms with Crippen LogP contribution in [0.1, 0.15) is 23.2 Å². The number of rotatable bonds is 1. The Balaban J connectivity index is 2.12. The van der Waals surface area contributed by atoms with E-state index in [2.05, 4.69) is 38.9 Å². The van der Waals surface area contributed by atoms with Crippen LogP contribution in [0.2, 0.25) is 0 Å². The molecule has 1 aliphatic rings. The number of hydrogen-bond donors (Lipinski definition) is 1. The number of aromatic nitrogens is 2. The molecule has 1 aromatic heterocycles. The Hall–Kier alpha value is -1.42. The van der Waals surface area contributed by atoms with Crippen LogP contribution in [-0.4, -0.2) is 9.97 Å². The third kappa shape index (κ3) is 1.90. The van der Waals surface area contributed by atoms with Crippen molar-refractivity contribution >= 4 is 21.7 Å². The number of benzene rings is 1. The van der Waals surface area contributed by atoms with Crippen molar-refractivity contribution in [2.45, 2.75) is 26.2 Å². The van der Waals surface area contributed by atoms with Gasteiger partial charge < -0.3 is 5.73 Å². The second kappa shape index (κ2) is 4.35. The lowest BCUT2D eigenvalue weighted by molar-refractivity contribution is 0.900. The largest absolute Gasteiger partial charge is 0.383 e. The summed E-state index contributed by atoms with van der Waals surface area (Å²) in [4.78, 5) is 9.09. The summed E-state index contributed by atoms with van der Waals surface area (Å²) < 4.78 is 1.10. The molecule has 0 fully saturated rings. The molecule has 0 spiro atoms. The van der Waals surface area contributed by atoms with Crippen LogP contribution in [-0.2, 0) is 12.8 Å². The number of hydrogen-bond acceptors (Lipinski definition) is 3. The Kier molecular flexibility index (Phi) is 2.82. The van der Waals surface area contributed by atoms with Crippen LogP contribution in [0.4, 0.5) is 5.82 Å². The molecule has 1 aliphatic carbocycles. The average Bonchev–Trinajstić information content (AvgIpc) is 2.81. The molecule has 0 atom stereocenters. The molecule has 3 nitrogen and oxygen atoms in total. The maximum Gasteiger partial charge on any atom is 0.161 e. The van der Waals surface area contributed by atoms with E-state index in [4.69, 9.17) is 5.73 Å². The molecule has 0 saturated heterocycles. The minimum Gasteiger partial charge on any atom is -0.383 e. The van der Waals surface area contributed by atoms with Crippen LogP contribution >= 0.6 is 15.9 Å². The van der Waals surface area contributed by atoms with Crippen molar-refractivity contribution in [2.24, 2.45) is 0 Å². The first-order valence-corrected chi connectivity index (χ1v) is 6.86. The van der Waals surface area contributed by atoms with Gasteiger partial charge in [-0.05, 0) is 43.9 Å². The predicted octanol–water partition coefficient (Wildman–Crippen LogP) is 3.29. The monoisotopic (exact) mass is 303 g/mol. The molecule has 4 heteroatoms. The Morgan fingerprint density at radius 2 is 2.06 bits per heavy atom. The molecule has 3 rings (SSSR count). The fourth-order valence-corrected chi connectivity index (χ4v) is 2.62. The number of nitrogens with two attached hydrogens (primary N) is 1. The van der Waals surface area contributed by atoms with Gasteiger partial charge in [-0.15, -0.1) is 0 Å². The zero-order valence-corrected chi connectivity index (χ0v) is 11.8. The van der Waals surface area contributed by atoms with Gasteiger partial charge in [-0.2, -0.15) is 0 Å². The molecule has 18 heavy (non-hydrogen) atoms. The van der Waals surface area contributed by atoms with Crippen LogP contribution in [0, 0.1) is 6.92 Å². The van der Waals surface area contributed by atoms with Gasteiger partial charge in [0.15, 0.2) is 5.82 Å². The first kappa shape index (κ1) is 11.7. The number of fused-ring (bicyclic) bond motifs is 1. The zero-order chi connectivity index (χ0) is 12.7. The van der Waals surface area contributed by atoms with E-state index >= 15 is 0 Å².